The van der Waals surface area contributed by atoms with Gasteiger partial charge in [0.1, 0.15) is 0 Å². The lowest BCUT2D eigenvalue weighted by atomic mass is 10.1. The predicted molar refractivity (Wildman–Crippen MR) is 71.9 cm³/mol. The van der Waals surface area contributed by atoms with Gasteiger partial charge in [0, 0.05) is 25.2 Å². The van der Waals surface area contributed by atoms with Gasteiger partial charge in [-0.05, 0) is 12.8 Å². The summed E-state index contributed by atoms with van der Waals surface area (Å²) in [7, 11) is 0. The standard InChI is InChI=1S/C14H24N2O2/c15-13(17)9-10-14(18)16-11-7-5-3-1-2-4-6-8-12-16/h9-10H,1-8,11-12H2,(H2,15,17)/b10-9+. The number of nitrogens with zero attached hydrogens (tertiary/aromatic N) is 1. The zero-order valence-electron chi connectivity index (χ0n) is 11.1. The van der Waals surface area contributed by atoms with E-state index in [9.17, 15) is 9.59 Å². The highest BCUT2D eigenvalue weighted by atomic mass is 16.2. The molecule has 2 amide bonds. The molecule has 18 heavy (non-hydrogen) atoms. The normalized spacial score (nSPS) is 19.4. The molecule has 1 fully saturated rings. The Balaban J connectivity index is 2.47. The summed E-state index contributed by atoms with van der Waals surface area (Å²) in [6, 6.07) is 0. The van der Waals surface area contributed by atoms with Gasteiger partial charge >= 0.3 is 0 Å². The van der Waals surface area contributed by atoms with Gasteiger partial charge in [0.25, 0.3) is 0 Å². The van der Waals surface area contributed by atoms with E-state index in [2.05, 4.69) is 0 Å². The summed E-state index contributed by atoms with van der Waals surface area (Å²) in [5.74, 6) is -0.658. The van der Waals surface area contributed by atoms with Crippen LogP contribution in [0.25, 0.3) is 0 Å². The number of nitrogens with two attached hydrogens (primary N) is 1. The number of amides is 2. The van der Waals surface area contributed by atoms with Crippen LogP contribution in [0.1, 0.15) is 51.4 Å². The molecular weight excluding hydrogens is 228 g/mol. The van der Waals surface area contributed by atoms with Crippen molar-refractivity contribution >= 4 is 11.8 Å². The van der Waals surface area contributed by atoms with Crippen LogP contribution in [0.5, 0.6) is 0 Å². The number of primary amides is 1. The SMILES string of the molecule is NC(=O)/C=C/C(=O)N1CCCCCCCCCC1. The van der Waals surface area contributed by atoms with E-state index >= 15 is 0 Å². The van der Waals surface area contributed by atoms with E-state index in [-0.39, 0.29) is 5.91 Å². The summed E-state index contributed by atoms with van der Waals surface area (Å²) >= 11 is 0. The zero-order valence-corrected chi connectivity index (χ0v) is 11.1. The molecule has 4 heteroatoms. The van der Waals surface area contributed by atoms with Gasteiger partial charge in [-0.3, -0.25) is 9.59 Å². The highest BCUT2D eigenvalue weighted by molar-refractivity contribution is 5.95. The fraction of sp³-hybridized carbons (Fsp3) is 0.714. The van der Waals surface area contributed by atoms with E-state index in [4.69, 9.17) is 5.73 Å². The van der Waals surface area contributed by atoms with Crippen LogP contribution in [0, 0.1) is 0 Å². The second-order valence-electron chi connectivity index (χ2n) is 4.89. The molecule has 2 N–H and O–H groups in total. The third-order valence-corrected chi connectivity index (χ3v) is 3.31. The Bertz CT molecular complexity index is 288. The van der Waals surface area contributed by atoms with Crippen molar-refractivity contribution in [3.63, 3.8) is 0 Å². The summed E-state index contributed by atoms with van der Waals surface area (Å²) in [6.45, 7) is 1.59. The van der Waals surface area contributed by atoms with Crippen LogP contribution in [0.3, 0.4) is 0 Å². The zero-order chi connectivity index (χ0) is 13.2. The molecule has 1 saturated heterocycles. The molecule has 0 bridgehead atoms. The van der Waals surface area contributed by atoms with Gasteiger partial charge in [-0.2, -0.15) is 0 Å². The van der Waals surface area contributed by atoms with Crippen molar-refractivity contribution in [1.29, 1.82) is 0 Å². The number of carbonyl (C=O) groups excluding carboxylic acids is 2. The van der Waals surface area contributed by atoms with Crippen molar-refractivity contribution in [2.24, 2.45) is 5.73 Å². The first kappa shape index (κ1) is 14.7. The lowest BCUT2D eigenvalue weighted by molar-refractivity contribution is -0.126. The van der Waals surface area contributed by atoms with Crippen molar-refractivity contribution in [3.05, 3.63) is 12.2 Å². The van der Waals surface area contributed by atoms with Crippen molar-refractivity contribution in [2.75, 3.05) is 13.1 Å². The van der Waals surface area contributed by atoms with Crippen molar-refractivity contribution in [1.82, 2.24) is 4.90 Å². The molecule has 0 radical (unpaired) electrons. The van der Waals surface area contributed by atoms with Crippen LogP contribution in [0.4, 0.5) is 0 Å². The molecule has 1 aliphatic rings. The Hall–Kier alpha value is -1.32. The minimum atomic E-state index is -0.568. The van der Waals surface area contributed by atoms with E-state index in [1.165, 1.54) is 44.6 Å². The molecule has 0 aliphatic carbocycles. The van der Waals surface area contributed by atoms with Gasteiger partial charge in [0.15, 0.2) is 0 Å². The maximum absolute atomic E-state index is 11.9. The molecule has 0 spiro atoms. The molecule has 0 unspecified atom stereocenters. The lowest BCUT2D eigenvalue weighted by Gasteiger charge is -2.20. The lowest BCUT2D eigenvalue weighted by Crippen LogP contribution is -2.31. The summed E-state index contributed by atoms with van der Waals surface area (Å²) < 4.78 is 0. The topological polar surface area (TPSA) is 63.4 Å². The van der Waals surface area contributed by atoms with Gasteiger partial charge in [0.2, 0.25) is 11.8 Å². The molecule has 0 saturated carbocycles. The molecule has 4 nitrogen and oxygen atoms in total. The van der Waals surface area contributed by atoms with Crippen molar-refractivity contribution < 1.29 is 9.59 Å². The second-order valence-corrected chi connectivity index (χ2v) is 4.89. The molecule has 0 aromatic heterocycles. The van der Waals surface area contributed by atoms with Crippen LogP contribution >= 0.6 is 0 Å². The average molecular weight is 252 g/mol. The fourth-order valence-corrected chi connectivity index (χ4v) is 2.26. The first-order chi connectivity index (χ1) is 8.70. The molecule has 0 aromatic carbocycles. The second kappa shape index (κ2) is 8.72. The summed E-state index contributed by atoms with van der Waals surface area (Å²) in [4.78, 5) is 24.3. The maximum Gasteiger partial charge on any atom is 0.246 e. The van der Waals surface area contributed by atoms with Crippen LogP contribution in [-0.2, 0) is 9.59 Å². The summed E-state index contributed by atoms with van der Waals surface area (Å²) in [5, 5.41) is 0. The van der Waals surface area contributed by atoms with Crippen LogP contribution in [-0.4, -0.2) is 29.8 Å². The molecule has 1 aliphatic heterocycles. The van der Waals surface area contributed by atoms with Crippen LogP contribution in [0.15, 0.2) is 12.2 Å². The van der Waals surface area contributed by atoms with Gasteiger partial charge in [-0.15, -0.1) is 0 Å². The minimum Gasteiger partial charge on any atom is -0.366 e. The molecule has 1 heterocycles. The first-order valence-electron chi connectivity index (χ1n) is 6.96. The van der Waals surface area contributed by atoms with Gasteiger partial charge in [-0.1, -0.05) is 38.5 Å². The quantitative estimate of drug-likeness (QED) is 0.764. The third-order valence-electron chi connectivity index (χ3n) is 3.31. The van der Waals surface area contributed by atoms with Crippen molar-refractivity contribution in [3.8, 4) is 0 Å². The number of hydrogen-bond acceptors (Lipinski definition) is 2. The average Bonchev–Trinajstić information content (AvgIpc) is 2.40. The Kier molecular flexibility index (Phi) is 7.14. The molecule has 0 atom stereocenters. The Morgan fingerprint density at radius 1 is 0.778 bits per heavy atom. The third kappa shape index (κ3) is 6.42. The first-order valence-corrected chi connectivity index (χ1v) is 6.96. The van der Waals surface area contributed by atoms with Crippen LogP contribution < -0.4 is 5.73 Å². The highest BCUT2D eigenvalue weighted by Gasteiger charge is 2.10. The number of carbonyl (C=O) groups is 2. The maximum atomic E-state index is 11.9. The largest absolute Gasteiger partial charge is 0.366 e. The van der Waals surface area contributed by atoms with Gasteiger partial charge < -0.3 is 10.6 Å². The van der Waals surface area contributed by atoms with Crippen LogP contribution in [0.2, 0.25) is 0 Å². The molecule has 102 valence electrons. The summed E-state index contributed by atoms with van der Waals surface area (Å²) in [6.07, 6.45) is 12.1. The Morgan fingerprint density at radius 2 is 1.22 bits per heavy atom. The molecule has 0 aromatic rings. The Morgan fingerprint density at radius 3 is 1.67 bits per heavy atom. The van der Waals surface area contributed by atoms with E-state index in [0.29, 0.717) is 0 Å². The number of rotatable bonds is 2. The highest BCUT2D eigenvalue weighted by Crippen LogP contribution is 2.12. The van der Waals surface area contributed by atoms with E-state index in [0.717, 1.165) is 32.0 Å². The van der Waals surface area contributed by atoms with E-state index < -0.39 is 5.91 Å². The fourth-order valence-electron chi connectivity index (χ4n) is 2.26. The van der Waals surface area contributed by atoms with E-state index in [1.807, 2.05) is 4.90 Å². The van der Waals surface area contributed by atoms with E-state index in [1.54, 1.807) is 0 Å². The van der Waals surface area contributed by atoms with Gasteiger partial charge in [0.05, 0.1) is 0 Å². The Labute approximate surface area is 109 Å². The van der Waals surface area contributed by atoms with Crippen molar-refractivity contribution in [2.45, 2.75) is 51.4 Å². The molecule has 1 rings (SSSR count). The predicted octanol–water partition coefficient (Wildman–Crippen LogP) is 1.99. The molecular formula is C14H24N2O2. The summed E-state index contributed by atoms with van der Waals surface area (Å²) in [5.41, 5.74) is 5.00. The monoisotopic (exact) mass is 252 g/mol. The van der Waals surface area contributed by atoms with Gasteiger partial charge in [-0.25, -0.2) is 0 Å². The number of hydrogen-bond donors (Lipinski definition) is 1. The minimum absolute atomic E-state index is 0.0898. The smallest absolute Gasteiger partial charge is 0.246 e.